The Morgan fingerprint density at radius 1 is 1.44 bits per heavy atom. The van der Waals surface area contributed by atoms with Crippen LogP contribution >= 0.6 is 0 Å². The molecule has 0 radical (unpaired) electrons. The van der Waals surface area contributed by atoms with Gasteiger partial charge in [0.25, 0.3) is 5.91 Å². The Labute approximate surface area is 153 Å². The molecule has 15 heteroatoms. The van der Waals surface area contributed by atoms with Crippen molar-refractivity contribution in [3.63, 3.8) is 0 Å². The van der Waals surface area contributed by atoms with Crippen molar-refractivity contribution < 1.29 is 31.6 Å². The molecular weight excluding hydrogens is 386 g/mol. The van der Waals surface area contributed by atoms with Crippen LogP contribution in [0.1, 0.15) is 29.8 Å². The topological polar surface area (TPSA) is 189 Å². The quantitative estimate of drug-likeness (QED) is 0.304. The highest BCUT2D eigenvalue weighted by atomic mass is 32.3. The molecule has 4 amide bonds. The number of fused-ring (bicyclic) bond motifs is 4. The third-order valence-electron chi connectivity index (χ3n) is 4.15. The van der Waals surface area contributed by atoms with Gasteiger partial charge in [0.15, 0.2) is 6.04 Å². The summed E-state index contributed by atoms with van der Waals surface area (Å²) in [7, 11) is -3.42. The summed E-state index contributed by atoms with van der Waals surface area (Å²) < 4.78 is 36.8. The van der Waals surface area contributed by atoms with Gasteiger partial charge in [-0.2, -0.15) is 18.6 Å². The van der Waals surface area contributed by atoms with Crippen molar-refractivity contribution in [1.29, 1.82) is 0 Å². The number of nitrogens with one attached hydrogen (secondary N) is 2. The first-order chi connectivity index (χ1) is 12.6. The van der Waals surface area contributed by atoms with Gasteiger partial charge >= 0.3 is 16.4 Å². The van der Waals surface area contributed by atoms with E-state index in [9.17, 15) is 22.8 Å². The number of hydrazine groups is 1. The molecule has 5 N–H and O–H groups in total. The fraction of sp³-hybridized carbons (Fsp3) is 0.500. The fourth-order valence-electron chi connectivity index (χ4n) is 3.09. The number of carbonyl (C=O) groups excluding carboxylic acids is 3. The maximum absolute atomic E-state index is 12.6. The van der Waals surface area contributed by atoms with Crippen LogP contribution in [-0.4, -0.2) is 63.6 Å². The molecule has 148 valence electrons. The van der Waals surface area contributed by atoms with Crippen LogP contribution in [0.4, 0.5) is 4.79 Å². The zero-order valence-corrected chi connectivity index (χ0v) is 14.8. The van der Waals surface area contributed by atoms with E-state index in [1.165, 1.54) is 17.9 Å². The highest BCUT2D eigenvalue weighted by Crippen LogP contribution is 2.43. The minimum Gasteiger partial charge on any atom is -0.330 e. The average molecular weight is 403 g/mol. The van der Waals surface area contributed by atoms with Crippen molar-refractivity contribution in [3.05, 3.63) is 17.5 Å². The van der Waals surface area contributed by atoms with Crippen LogP contribution in [0.5, 0.6) is 0 Å². The van der Waals surface area contributed by atoms with Crippen molar-refractivity contribution in [2.24, 2.45) is 12.8 Å². The molecule has 2 atom stereocenters. The number of carbonyl (C=O) groups is 3. The van der Waals surface area contributed by atoms with Crippen LogP contribution in [0.2, 0.25) is 0 Å². The molecule has 2 aliphatic heterocycles. The zero-order chi connectivity index (χ0) is 19.9. The SMILES string of the molecule is Cn1ncc2c1[C@@H](C(=O)NNC(=O)CCN)N1C[C@@H]2N(OS(=O)(=O)O)C1=O. The van der Waals surface area contributed by atoms with Gasteiger partial charge in [0, 0.05) is 25.6 Å². The molecule has 2 aliphatic rings. The number of urea groups is 1. The largest absolute Gasteiger partial charge is 0.418 e. The standard InChI is InChI=1S/C12H17N7O7S/c1-17-9-6(4-14-17)7-5-18(12(22)19(7)26-27(23,24)25)10(9)11(21)16-15-8(20)2-3-13/h4,7,10H,2-3,5,13H2,1H3,(H,15,20)(H,16,21)(H,23,24,25)/t7-,10-/m0/s1. The Kier molecular flexibility index (Phi) is 4.77. The molecule has 1 fully saturated rings. The van der Waals surface area contributed by atoms with Crippen LogP contribution in [0.15, 0.2) is 6.20 Å². The molecule has 3 heterocycles. The molecule has 1 saturated heterocycles. The Hall–Kier alpha value is -2.75. The van der Waals surface area contributed by atoms with Crippen molar-refractivity contribution in [2.75, 3.05) is 13.1 Å². The van der Waals surface area contributed by atoms with Crippen molar-refractivity contribution >= 4 is 28.2 Å². The molecule has 0 spiro atoms. The van der Waals surface area contributed by atoms with Crippen molar-refractivity contribution in [3.8, 4) is 0 Å². The lowest BCUT2D eigenvalue weighted by Crippen LogP contribution is -2.50. The summed E-state index contributed by atoms with van der Waals surface area (Å²) >= 11 is 0. The number of hydroxylamine groups is 2. The van der Waals surface area contributed by atoms with E-state index in [-0.39, 0.29) is 19.5 Å². The number of nitrogens with two attached hydrogens (primary N) is 1. The summed E-state index contributed by atoms with van der Waals surface area (Å²) in [5, 5.41) is 4.50. The first-order valence-electron chi connectivity index (χ1n) is 7.71. The van der Waals surface area contributed by atoms with Crippen LogP contribution in [0.25, 0.3) is 0 Å². The minimum atomic E-state index is -4.96. The third kappa shape index (κ3) is 3.44. The van der Waals surface area contributed by atoms with Crippen molar-refractivity contribution in [1.82, 2.24) is 30.6 Å². The van der Waals surface area contributed by atoms with Gasteiger partial charge in [-0.3, -0.25) is 29.7 Å². The van der Waals surface area contributed by atoms with Crippen LogP contribution < -0.4 is 16.6 Å². The molecule has 1 aromatic heterocycles. The van der Waals surface area contributed by atoms with Crippen LogP contribution in [-0.2, 0) is 31.3 Å². The summed E-state index contributed by atoms with van der Waals surface area (Å²) in [5.74, 6) is -1.26. The first-order valence-corrected chi connectivity index (χ1v) is 9.08. The molecule has 1 aromatic rings. The third-order valence-corrected chi connectivity index (χ3v) is 4.50. The molecule has 2 bridgehead atoms. The second kappa shape index (κ2) is 6.76. The Balaban J connectivity index is 1.91. The van der Waals surface area contributed by atoms with E-state index in [2.05, 4.69) is 20.2 Å². The van der Waals surface area contributed by atoms with E-state index in [4.69, 9.17) is 10.3 Å². The fourth-order valence-corrected chi connectivity index (χ4v) is 3.46. The van der Waals surface area contributed by atoms with E-state index in [1.54, 1.807) is 0 Å². The Morgan fingerprint density at radius 3 is 2.78 bits per heavy atom. The Bertz CT molecular complexity index is 898. The molecule has 3 rings (SSSR count). The number of hydrogen-bond acceptors (Lipinski definition) is 8. The van der Waals surface area contributed by atoms with Gasteiger partial charge in [-0.05, 0) is 0 Å². The number of aryl methyl sites for hydroxylation is 1. The predicted molar refractivity (Wildman–Crippen MR) is 85.2 cm³/mol. The molecular formula is C12H17N7O7S. The maximum atomic E-state index is 12.6. The second-order valence-corrected chi connectivity index (χ2v) is 6.87. The lowest BCUT2D eigenvalue weighted by atomic mass is 9.97. The van der Waals surface area contributed by atoms with E-state index in [0.29, 0.717) is 16.3 Å². The summed E-state index contributed by atoms with van der Waals surface area (Å²) in [4.78, 5) is 37.7. The molecule has 14 nitrogen and oxygen atoms in total. The smallest absolute Gasteiger partial charge is 0.330 e. The molecule has 27 heavy (non-hydrogen) atoms. The molecule has 0 saturated carbocycles. The lowest BCUT2D eigenvalue weighted by Gasteiger charge is -2.30. The minimum absolute atomic E-state index is 0.0113. The number of hydrogen-bond donors (Lipinski definition) is 4. The molecule has 0 aromatic carbocycles. The van der Waals surface area contributed by atoms with Crippen LogP contribution in [0.3, 0.4) is 0 Å². The number of nitrogens with zero attached hydrogens (tertiary/aromatic N) is 4. The highest BCUT2D eigenvalue weighted by molar-refractivity contribution is 7.80. The van der Waals surface area contributed by atoms with Gasteiger partial charge in [-0.25, -0.2) is 4.79 Å². The van der Waals surface area contributed by atoms with E-state index in [1.807, 2.05) is 0 Å². The second-order valence-electron chi connectivity index (χ2n) is 5.87. The van der Waals surface area contributed by atoms with Gasteiger partial charge in [0.1, 0.15) is 6.04 Å². The number of aromatic nitrogens is 2. The van der Waals surface area contributed by atoms with E-state index >= 15 is 0 Å². The number of rotatable bonds is 5. The van der Waals surface area contributed by atoms with Gasteiger partial charge in [-0.15, -0.1) is 4.28 Å². The summed E-state index contributed by atoms with van der Waals surface area (Å²) in [6.07, 6.45) is 1.35. The highest BCUT2D eigenvalue weighted by Gasteiger charge is 2.53. The van der Waals surface area contributed by atoms with Gasteiger partial charge < -0.3 is 10.6 Å². The zero-order valence-electron chi connectivity index (χ0n) is 14.0. The van der Waals surface area contributed by atoms with Gasteiger partial charge in [-0.1, -0.05) is 0 Å². The van der Waals surface area contributed by atoms with Gasteiger partial charge in [0.05, 0.1) is 18.4 Å². The summed E-state index contributed by atoms with van der Waals surface area (Å²) in [6.45, 7) is 0.00706. The van der Waals surface area contributed by atoms with Crippen molar-refractivity contribution in [2.45, 2.75) is 18.5 Å². The van der Waals surface area contributed by atoms with Crippen LogP contribution in [0, 0.1) is 0 Å². The summed E-state index contributed by atoms with van der Waals surface area (Å²) in [6, 6.07) is -3.04. The Morgan fingerprint density at radius 2 is 2.15 bits per heavy atom. The predicted octanol–water partition coefficient (Wildman–Crippen LogP) is -2.52. The summed E-state index contributed by atoms with van der Waals surface area (Å²) in [5.41, 5.74) is 10.3. The normalized spacial score (nSPS) is 21.2. The average Bonchev–Trinajstić information content (AvgIpc) is 3.08. The molecule has 0 unspecified atom stereocenters. The van der Waals surface area contributed by atoms with E-state index in [0.717, 1.165) is 4.90 Å². The first kappa shape index (κ1) is 19.0. The monoisotopic (exact) mass is 403 g/mol. The molecule has 0 aliphatic carbocycles. The maximum Gasteiger partial charge on any atom is 0.418 e. The number of amides is 4. The lowest BCUT2D eigenvalue weighted by molar-refractivity contribution is -0.131. The van der Waals surface area contributed by atoms with Gasteiger partial charge in [0.2, 0.25) is 5.91 Å². The van der Waals surface area contributed by atoms with E-state index < -0.39 is 40.3 Å².